The second-order valence-corrected chi connectivity index (χ2v) is 9.75. The zero-order valence-corrected chi connectivity index (χ0v) is 18.8. The molecule has 2 N–H and O–H groups in total. The lowest BCUT2D eigenvalue weighted by molar-refractivity contribution is 0.0105. The minimum atomic E-state index is -1.00. The number of aryl methyl sites for hydroxylation is 1. The van der Waals surface area contributed by atoms with Crippen LogP contribution in [0.25, 0.3) is 22.0 Å². The Morgan fingerprint density at radius 2 is 2.19 bits per heavy atom. The number of piperidine rings is 2. The fourth-order valence-electron chi connectivity index (χ4n) is 4.67. The Hall–Kier alpha value is -2.92. The minimum Gasteiger partial charge on any atom is -0.507 e. The molecular weight excluding hydrogens is 433 g/mol. The lowest BCUT2D eigenvalue weighted by Crippen LogP contribution is -2.70. The van der Waals surface area contributed by atoms with E-state index in [1.54, 1.807) is 19.2 Å². The van der Waals surface area contributed by atoms with Gasteiger partial charge in [0.15, 0.2) is 10.8 Å². The third kappa shape index (κ3) is 3.36. The Kier molecular flexibility index (Phi) is 4.97. The van der Waals surface area contributed by atoms with E-state index in [0.29, 0.717) is 21.3 Å². The summed E-state index contributed by atoms with van der Waals surface area (Å²) in [5.74, 6) is 0.431. The number of benzene rings is 1. The van der Waals surface area contributed by atoms with Crippen LogP contribution < -0.4 is 15.9 Å². The number of aromatic hydroxyl groups is 1. The van der Waals surface area contributed by atoms with Crippen LogP contribution in [0.4, 0.5) is 9.52 Å². The van der Waals surface area contributed by atoms with Gasteiger partial charge in [0.2, 0.25) is 5.13 Å². The van der Waals surface area contributed by atoms with Gasteiger partial charge in [0.1, 0.15) is 18.2 Å². The van der Waals surface area contributed by atoms with Crippen LogP contribution in [0.5, 0.6) is 5.75 Å². The zero-order chi connectivity index (χ0) is 22.6. The molecular formula is C21H24FN7O2S. The largest absolute Gasteiger partial charge is 0.507 e. The van der Waals surface area contributed by atoms with Gasteiger partial charge in [-0.25, -0.2) is 14.2 Å². The highest BCUT2D eigenvalue weighted by molar-refractivity contribution is 7.18. The number of alkyl halides is 1. The summed E-state index contributed by atoms with van der Waals surface area (Å²) < 4.78 is 16.6. The first-order valence-electron chi connectivity index (χ1n) is 10.5. The van der Waals surface area contributed by atoms with Crippen molar-refractivity contribution in [1.82, 2.24) is 30.0 Å². The third-order valence-electron chi connectivity index (χ3n) is 6.70. The van der Waals surface area contributed by atoms with Crippen LogP contribution in [0.1, 0.15) is 19.8 Å². The predicted octanol–water partition coefficient (Wildman–Crippen LogP) is 1.98. The Morgan fingerprint density at radius 1 is 1.38 bits per heavy atom. The number of hydrogen-bond acceptors (Lipinski definition) is 9. The molecule has 4 atom stereocenters. The number of phenols is 1. The summed E-state index contributed by atoms with van der Waals surface area (Å²) in [6.07, 6.45) is 2.20. The van der Waals surface area contributed by atoms with Gasteiger partial charge in [0, 0.05) is 31.7 Å². The van der Waals surface area contributed by atoms with Crippen LogP contribution in [0, 0.1) is 5.92 Å². The molecule has 9 nitrogen and oxygen atoms in total. The van der Waals surface area contributed by atoms with Crippen molar-refractivity contribution in [3.63, 3.8) is 0 Å². The second kappa shape index (κ2) is 7.59. The van der Waals surface area contributed by atoms with Crippen molar-refractivity contribution in [3.05, 3.63) is 35.0 Å². The summed E-state index contributed by atoms with van der Waals surface area (Å²) in [7, 11) is 3.43. The molecule has 0 spiro atoms. The highest BCUT2D eigenvalue weighted by Crippen LogP contribution is 2.43. The number of halogens is 1. The van der Waals surface area contributed by atoms with Crippen LogP contribution in [0.2, 0.25) is 0 Å². The lowest BCUT2D eigenvalue weighted by Gasteiger charge is -2.54. The molecule has 1 aliphatic carbocycles. The first kappa shape index (κ1) is 21.0. The van der Waals surface area contributed by atoms with Crippen LogP contribution in [-0.2, 0) is 7.05 Å². The van der Waals surface area contributed by atoms with Gasteiger partial charge in [-0.15, -0.1) is 10.2 Å². The molecule has 32 heavy (non-hydrogen) atoms. The predicted molar refractivity (Wildman–Crippen MR) is 119 cm³/mol. The number of aromatic nitrogens is 5. The zero-order valence-electron chi connectivity index (χ0n) is 18.0. The third-order valence-corrected chi connectivity index (χ3v) is 7.75. The topological polar surface area (TPSA) is 109 Å². The molecule has 2 aromatic heterocycles. The fraction of sp³-hybridized carbons (Fsp3) is 0.476. The molecule has 0 amide bonds. The SMILES string of the molecule is CN(c1nnc(-c2ccc(-c3ncn(C)c(=O)n3)cc2O)s1)[C@H]1[C@@H]2CC[C@@](C)(NC2)[C@@H]1F. The van der Waals surface area contributed by atoms with Gasteiger partial charge in [-0.05, 0) is 37.8 Å². The maximum absolute atomic E-state index is 15.3. The summed E-state index contributed by atoms with van der Waals surface area (Å²) >= 11 is 1.31. The van der Waals surface area contributed by atoms with E-state index >= 15 is 4.39 Å². The monoisotopic (exact) mass is 457 g/mol. The number of phenolic OH excluding ortho intramolecular Hbond substituents is 1. The Bertz CT molecular complexity index is 1220. The first-order valence-corrected chi connectivity index (χ1v) is 11.3. The highest BCUT2D eigenvalue weighted by atomic mass is 32.1. The molecule has 1 saturated carbocycles. The molecule has 11 heteroatoms. The van der Waals surface area contributed by atoms with E-state index in [1.807, 2.05) is 18.9 Å². The van der Waals surface area contributed by atoms with Crippen molar-refractivity contribution in [2.45, 2.75) is 37.5 Å². The average molecular weight is 458 g/mol. The fourth-order valence-corrected chi connectivity index (χ4v) is 5.55. The molecule has 168 valence electrons. The van der Waals surface area contributed by atoms with E-state index in [1.165, 1.54) is 28.3 Å². The molecule has 1 aromatic carbocycles. The highest BCUT2D eigenvalue weighted by Gasteiger charge is 2.53. The van der Waals surface area contributed by atoms with Crippen LogP contribution in [-0.4, -0.2) is 61.2 Å². The average Bonchev–Trinajstić information content (AvgIpc) is 3.26. The summed E-state index contributed by atoms with van der Waals surface area (Å²) in [5, 5.41) is 23.6. The molecule has 0 radical (unpaired) electrons. The number of fused-ring (bicyclic) bond motifs is 3. The van der Waals surface area contributed by atoms with Crippen LogP contribution in [0.15, 0.2) is 29.3 Å². The van der Waals surface area contributed by atoms with E-state index < -0.39 is 17.4 Å². The van der Waals surface area contributed by atoms with Gasteiger partial charge in [0.05, 0.1) is 11.6 Å². The Morgan fingerprint density at radius 3 is 2.88 bits per heavy atom. The summed E-state index contributed by atoms with van der Waals surface area (Å²) in [6, 6.07) is 4.66. The maximum atomic E-state index is 15.3. The van der Waals surface area contributed by atoms with Crippen molar-refractivity contribution in [1.29, 1.82) is 0 Å². The van der Waals surface area contributed by atoms with E-state index in [2.05, 4.69) is 25.5 Å². The number of nitrogens with zero attached hydrogens (tertiary/aromatic N) is 6. The Labute approximate surface area is 188 Å². The number of hydrogen-bond donors (Lipinski definition) is 2. The van der Waals surface area contributed by atoms with E-state index in [-0.39, 0.29) is 23.5 Å². The summed E-state index contributed by atoms with van der Waals surface area (Å²) in [5.41, 5.74) is 0.0906. The van der Waals surface area contributed by atoms with Gasteiger partial charge in [-0.2, -0.15) is 4.98 Å². The summed E-state index contributed by atoms with van der Waals surface area (Å²) in [6.45, 7) is 2.75. The summed E-state index contributed by atoms with van der Waals surface area (Å²) in [4.78, 5) is 21.7. The molecule has 6 rings (SSSR count). The van der Waals surface area contributed by atoms with Crippen molar-refractivity contribution in [2.24, 2.45) is 13.0 Å². The molecule has 2 aliphatic heterocycles. The van der Waals surface area contributed by atoms with Gasteiger partial charge >= 0.3 is 5.69 Å². The standard InChI is InChI=1S/C21H24FN7O2S/c1-21-7-6-12(9-24-21)15(16(21)22)29(3)20-27-26-18(32-20)13-5-4-11(8-14(13)30)17-23-10-28(2)19(31)25-17/h4-5,8,10,12,15-16,24,30H,6-7,9H2,1-3H3/t12-,15+,16-,21-/m1/s1. The molecule has 4 heterocycles. The van der Waals surface area contributed by atoms with Crippen molar-refractivity contribution < 1.29 is 9.50 Å². The van der Waals surface area contributed by atoms with E-state index in [0.717, 1.165) is 19.4 Å². The number of anilines is 1. The van der Waals surface area contributed by atoms with E-state index in [9.17, 15) is 9.90 Å². The maximum Gasteiger partial charge on any atom is 0.350 e. The number of rotatable bonds is 4. The molecule has 3 aromatic rings. The van der Waals surface area contributed by atoms with Gasteiger partial charge < -0.3 is 15.3 Å². The number of nitrogens with one attached hydrogen (secondary N) is 1. The van der Waals surface area contributed by atoms with E-state index in [4.69, 9.17) is 0 Å². The van der Waals surface area contributed by atoms with Gasteiger partial charge in [-0.1, -0.05) is 17.4 Å². The minimum absolute atomic E-state index is 0.0195. The molecule has 3 fully saturated rings. The normalized spacial score (nSPS) is 26.9. The van der Waals surface area contributed by atoms with Crippen LogP contribution in [0.3, 0.4) is 0 Å². The first-order chi connectivity index (χ1) is 15.3. The molecule has 2 bridgehead atoms. The smallest absolute Gasteiger partial charge is 0.350 e. The molecule has 3 aliphatic rings. The second-order valence-electron chi connectivity index (χ2n) is 8.80. The van der Waals surface area contributed by atoms with Crippen molar-refractivity contribution in [2.75, 3.05) is 18.5 Å². The lowest BCUT2D eigenvalue weighted by atomic mass is 9.68. The van der Waals surface area contributed by atoms with Crippen molar-refractivity contribution in [3.8, 4) is 27.7 Å². The van der Waals surface area contributed by atoms with Gasteiger partial charge in [-0.3, -0.25) is 4.57 Å². The quantitative estimate of drug-likeness (QED) is 0.612. The Balaban J connectivity index is 1.41. The van der Waals surface area contributed by atoms with Crippen LogP contribution >= 0.6 is 11.3 Å². The van der Waals surface area contributed by atoms with Crippen molar-refractivity contribution >= 4 is 16.5 Å². The molecule has 2 saturated heterocycles. The molecule has 0 unspecified atom stereocenters. The van der Waals surface area contributed by atoms with Gasteiger partial charge in [0.25, 0.3) is 0 Å².